The molecule has 0 aliphatic carbocycles. The molecular formula is C20H31ClN4O2. The van der Waals surface area contributed by atoms with Crippen LogP contribution in [0.15, 0.2) is 24.3 Å². The summed E-state index contributed by atoms with van der Waals surface area (Å²) in [5, 5.41) is 6.27. The highest BCUT2D eigenvalue weighted by Gasteiger charge is 2.37. The Morgan fingerprint density at radius 2 is 1.85 bits per heavy atom. The molecule has 27 heavy (non-hydrogen) atoms. The first kappa shape index (κ1) is 21.7. The summed E-state index contributed by atoms with van der Waals surface area (Å²) in [6, 6.07) is 8.10. The topological polar surface area (TPSA) is 64.7 Å². The minimum atomic E-state index is -0.553. The Morgan fingerprint density at radius 3 is 2.48 bits per heavy atom. The molecule has 1 aromatic carbocycles. The second-order valence-electron chi connectivity index (χ2n) is 7.46. The van der Waals surface area contributed by atoms with Crippen molar-refractivity contribution in [1.82, 2.24) is 15.5 Å². The highest BCUT2D eigenvalue weighted by atomic mass is 35.5. The van der Waals surface area contributed by atoms with Gasteiger partial charge < -0.3 is 15.5 Å². The number of carbonyl (C=O) groups excluding carboxylic acids is 2. The summed E-state index contributed by atoms with van der Waals surface area (Å²) in [5.41, 5.74) is 2.14. The van der Waals surface area contributed by atoms with E-state index in [1.165, 1.54) is 5.56 Å². The molecule has 3 rings (SSSR count). The second kappa shape index (κ2) is 10.1. The molecule has 0 spiro atoms. The molecule has 1 atom stereocenters. The summed E-state index contributed by atoms with van der Waals surface area (Å²) in [5.74, 6) is -0.302. The lowest BCUT2D eigenvalue weighted by Gasteiger charge is -2.27. The fourth-order valence-electron chi connectivity index (χ4n) is 3.61. The van der Waals surface area contributed by atoms with E-state index in [1.807, 2.05) is 12.1 Å². The fourth-order valence-corrected chi connectivity index (χ4v) is 3.61. The number of hydrogen-bond donors (Lipinski definition) is 2. The van der Waals surface area contributed by atoms with Crippen LogP contribution < -0.4 is 15.5 Å². The van der Waals surface area contributed by atoms with E-state index < -0.39 is 5.92 Å². The van der Waals surface area contributed by atoms with E-state index >= 15 is 0 Å². The SMILES string of the molecule is CC(C)c1ccc(N2CCC(C(=O)NCCN3CCNCC3)C2=O)cc1.Cl. The molecule has 2 heterocycles. The van der Waals surface area contributed by atoms with Crippen molar-refractivity contribution in [3.63, 3.8) is 0 Å². The maximum atomic E-state index is 12.7. The maximum Gasteiger partial charge on any atom is 0.239 e. The number of benzene rings is 1. The quantitative estimate of drug-likeness (QED) is 0.719. The molecule has 2 amide bonds. The molecule has 2 aliphatic heterocycles. The smallest absolute Gasteiger partial charge is 0.239 e. The third-order valence-corrected chi connectivity index (χ3v) is 5.33. The van der Waals surface area contributed by atoms with Gasteiger partial charge in [0.2, 0.25) is 11.8 Å². The zero-order valence-electron chi connectivity index (χ0n) is 16.2. The zero-order valence-corrected chi connectivity index (χ0v) is 17.1. The monoisotopic (exact) mass is 394 g/mol. The Morgan fingerprint density at radius 1 is 1.19 bits per heavy atom. The highest BCUT2D eigenvalue weighted by molar-refractivity contribution is 6.09. The van der Waals surface area contributed by atoms with E-state index in [0.29, 0.717) is 25.4 Å². The van der Waals surface area contributed by atoms with Crippen molar-refractivity contribution in [3.8, 4) is 0 Å². The molecule has 2 aliphatic rings. The van der Waals surface area contributed by atoms with Gasteiger partial charge in [-0.1, -0.05) is 26.0 Å². The van der Waals surface area contributed by atoms with E-state index in [-0.39, 0.29) is 24.2 Å². The molecule has 0 saturated carbocycles. The lowest BCUT2D eigenvalue weighted by atomic mass is 10.0. The highest BCUT2D eigenvalue weighted by Crippen LogP contribution is 2.27. The van der Waals surface area contributed by atoms with Crippen molar-refractivity contribution in [2.45, 2.75) is 26.2 Å². The predicted octanol–water partition coefficient (Wildman–Crippen LogP) is 1.61. The molecule has 1 unspecified atom stereocenters. The molecule has 7 heteroatoms. The third-order valence-electron chi connectivity index (χ3n) is 5.33. The lowest BCUT2D eigenvalue weighted by molar-refractivity contribution is -0.132. The largest absolute Gasteiger partial charge is 0.354 e. The van der Waals surface area contributed by atoms with Gasteiger partial charge in [-0.3, -0.25) is 14.5 Å². The number of anilines is 1. The summed E-state index contributed by atoms with van der Waals surface area (Å²) in [6.07, 6.45) is 0.588. The Hall–Kier alpha value is -1.63. The summed E-state index contributed by atoms with van der Waals surface area (Å²) in [6.45, 7) is 10.4. The molecule has 6 nitrogen and oxygen atoms in total. The average Bonchev–Trinajstić information content (AvgIpc) is 3.04. The molecule has 2 N–H and O–H groups in total. The van der Waals surface area contributed by atoms with E-state index in [4.69, 9.17) is 0 Å². The molecule has 2 fully saturated rings. The summed E-state index contributed by atoms with van der Waals surface area (Å²) in [7, 11) is 0. The van der Waals surface area contributed by atoms with Gasteiger partial charge in [-0.2, -0.15) is 0 Å². The Labute approximate surface area is 168 Å². The minimum Gasteiger partial charge on any atom is -0.354 e. The lowest BCUT2D eigenvalue weighted by Crippen LogP contribution is -2.47. The Balaban J connectivity index is 0.00000261. The van der Waals surface area contributed by atoms with Gasteiger partial charge >= 0.3 is 0 Å². The molecule has 2 saturated heterocycles. The van der Waals surface area contributed by atoms with Gasteiger partial charge in [0.15, 0.2) is 0 Å². The number of carbonyl (C=O) groups is 2. The van der Waals surface area contributed by atoms with Crippen LogP contribution in [0.4, 0.5) is 5.69 Å². The summed E-state index contributed by atoms with van der Waals surface area (Å²) in [4.78, 5) is 29.2. The van der Waals surface area contributed by atoms with Gasteiger partial charge in [0.25, 0.3) is 0 Å². The van der Waals surface area contributed by atoms with Crippen LogP contribution in [-0.4, -0.2) is 62.5 Å². The van der Waals surface area contributed by atoms with E-state index in [0.717, 1.165) is 38.4 Å². The van der Waals surface area contributed by atoms with Crippen LogP contribution in [0.5, 0.6) is 0 Å². The number of nitrogens with zero attached hydrogens (tertiary/aromatic N) is 2. The second-order valence-corrected chi connectivity index (χ2v) is 7.46. The van der Waals surface area contributed by atoms with Crippen molar-refractivity contribution >= 4 is 29.9 Å². The fraction of sp³-hybridized carbons (Fsp3) is 0.600. The first-order valence-electron chi connectivity index (χ1n) is 9.68. The van der Waals surface area contributed by atoms with Crippen LogP contribution in [0.2, 0.25) is 0 Å². The molecule has 1 aromatic rings. The van der Waals surface area contributed by atoms with Crippen LogP contribution in [-0.2, 0) is 9.59 Å². The normalized spacial score (nSPS) is 20.6. The van der Waals surface area contributed by atoms with Crippen molar-refractivity contribution in [2.75, 3.05) is 50.7 Å². The number of rotatable bonds is 6. The van der Waals surface area contributed by atoms with Gasteiger partial charge in [-0.05, 0) is 30.0 Å². The van der Waals surface area contributed by atoms with Crippen LogP contribution in [0.3, 0.4) is 0 Å². The average molecular weight is 395 g/mol. The van der Waals surface area contributed by atoms with Crippen molar-refractivity contribution < 1.29 is 9.59 Å². The number of hydrogen-bond acceptors (Lipinski definition) is 4. The zero-order chi connectivity index (χ0) is 18.5. The molecule has 0 bridgehead atoms. The number of piperazine rings is 1. The van der Waals surface area contributed by atoms with Gasteiger partial charge in [-0.15, -0.1) is 12.4 Å². The summed E-state index contributed by atoms with van der Waals surface area (Å²) >= 11 is 0. The van der Waals surface area contributed by atoms with Crippen LogP contribution in [0.25, 0.3) is 0 Å². The van der Waals surface area contributed by atoms with Gasteiger partial charge in [0.05, 0.1) is 0 Å². The Bertz CT molecular complexity index is 629. The molecule has 150 valence electrons. The van der Waals surface area contributed by atoms with Crippen LogP contribution in [0.1, 0.15) is 31.7 Å². The maximum absolute atomic E-state index is 12.7. The van der Waals surface area contributed by atoms with Crippen molar-refractivity contribution in [2.24, 2.45) is 5.92 Å². The van der Waals surface area contributed by atoms with Gasteiger partial charge in [0, 0.05) is 51.5 Å². The van der Waals surface area contributed by atoms with E-state index in [1.54, 1.807) is 4.90 Å². The third kappa shape index (κ3) is 5.43. The number of amides is 2. The van der Waals surface area contributed by atoms with E-state index in [2.05, 4.69) is 41.5 Å². The van der Waals surface area contributed by atoms with Crippen molar-refractivity contribution in [3.05, 3.63) is 29.8 Å². The standard InChI is InChI=1S/C20H30N4O2.ClH/c1-15(2)16-3-5-17(6-4-16)24-11-7-18(20(24)26)19(25)22-10-14-23-12-8-21-9-13-23;/h3-6,15,18,21H,7-14H2,1-2H3,(H,22,25);1H. The molecule has 0 radical (unpaired) electrons. The Kier molecular flexibility index (Phi) is 8.07. The van der Waals surface area contributed by atoms with Crippen LogP contribution in [0, 0.1) is 5.92 Å². The van der Waals surface area contributed by atoms with Crippen LogP contribution >= 0.6 is 12.4 Å². The molecular weight excluding hydrogens is 364 g/mol. The first-order valence-corrected chi connectivity index (χ1v) is 9.68. The van der Waals surface area contributed by atoms with Gasteiger partial charge in [0.1, 0.15) is 5.92 Å². The molecule has 0 aromatic heterocycles. The minimum absolute atomic E-state index is 0. The van der Waals surface area contributed by atoms with E-state index in [9.17, 15) is 9.59 Å². The number of nitrogens with one attached hydrogen (secondary N) is 2. The first-order chi connectivity index (χ1) is 12.6. The van der Waals surface area contributed by atoms with Crippen molar-refractivity contribution in [1.29, 1.82) is 0 Å². The number of halogens is 1. The van der Waals surface area contributed by atoms with Gasteiger partial charge in [-0.25, -0.2) is 0 Å². The summed E-state index contributed by atoms with van der Waals surface area (Å²) < 4.78 is 0. The predicted molar refractivity (Wildman–Crippen MR) is 111 cm³/mol.